The highest BCUT2D eigenvalue weighted by Crippen LogP contribution is 2.33. The highest BCUT2D eigenvalue weighted by molar-refractivity contribution is 6.21. The van der Waals surface area contributed by atoms with Crippen LogP contribution in [0.2, 0.25) is 0 Å². The molecule has 26 heavy (non-hydrogen) atoms. The minimum Gasteiger partial charge on any atom is -0.384 e. The molecule has 5 nitrogen and oxygen atoms in total. The van der Waals surface area contributed by atoms with Crippen LogP contribution in [0.25, 0.3) is 0 Å². The summed E-state index contributed by atoms with van der Waals surface area (Å²) in [5.74, 6) is -0.571. The van der Waals surface area contributed by atoms with Gasteiger partial charge in [0, 0.05) is 18.2 Å². The summed E-state index contributed by atoms with van der Waals surface area (Å²) in [6, 6.07) is 14.0. The van der Waals surface area contributed by atoms with Gasteiger partial charge >= 0.3 is 0 Å². The van der Waals surface area contributed by atoms with Gasteiger partial charge in [0.25, 0.3) is 5.91 Å². The van der Waals surface area contributed by atoms with E-state index < -0.39 is 12.0 Å². The maximum atomic E-state index is 12.9. The predicted molar refractivity (Wildman–Crippen MR) is 101 cm³/mol. The fourth-order valence-electron chi connectivity index (χ4n) is 3.91. The van der Waals surface area contributed by atoms with E-state index in [-0.39, 0.29) is 5.91 Å². The molecule has 1 amide bonds. The van der Waals surface area contributed by atoms with Gasteiger partial charge in [-0.2, -0.15) is 5.10 Å². The number of carbonyl (C=O) groups is 1. The zero-order chi connectivity index (χ0) is 18.4. The van der Waals surface area contributed by atoms with Crippen molar-refractivity contribution in [3.8, 4) is 0 Å². The third kappa shape index (κ3) is 2.51. The Kier molecular flexibility index (Phi) is 3.87. The Morgan fingerprint density at radius 2 is 1.65 bits per heavy atom. The van der Waals surface area contributed by atoms with E-state index in [1.165, 1.54) is 10.6 Å². The summed E-state index contributed by atoms with van der Waals surface area (Å²) in [7, 11) is 1.69. The van der Waals surface area contributed by atoms with E-state index in [1.54, 1.807) is 7.05 Å². The van der Waals surface area contributed by atoms with Crippen molar-refractivity contribution >= 4 is 17.3 Å². The van der Waals surface area contributed by atoms with Crippen LogP contribution in [0.3, 0.4) is 0 Å². The SMILES string of the molecule is Cc1cc(C)c(C2=NOC3C(c4ccccc4)=NN(C)C(=O)C23)c(C)c1. The molecule has 2 aromatic rings. The number of hydrogen-bond acceptors (Lipinski definition) is 4. The van der Waals surface area contributed by atoms with Gasteiger partial charge in [-0.05, 0) is 31.9 Å². The number of fused-ring (bicyclic) bond motifs is 1. The Morgan fingerprint density at radius 3 is 2.31 bits per heavy atom. The van der Waals surface area contributed by atoms with Crippen molar-refractivity contribution < 1.29 is 9.63 Å². The minimum atomic E-state index is -0.490. The van der Waals surface area contributed by atoms with Gasteiger partial charge in [-0.3, -0.25) is 4.79 Å². The fraction of sp³-hybridized carbons (Fsp3) is 0.286. The van der Waals surface area contributed by atoms with Crippen LogP contribution < -0.4 is 0 Å². The van der Waals surface area contributed by atoms with Crippen molar-refractivity contribution in [3.63, 3.8) is 0 Å². The summed E-state index contributed by atoms with van der Waals surface area (Å²) >= 11 is 0. The van der Waals surface area contributed by atoms with Crippen molar-refractivity contribution in [3.05, 3.63) is 70.3 Å². The van der Waals surface area contributed by atoms with Crippen LogP contribution in [0, 0.1) is 26.7 Å². The van der Waals surface area contributed by atoms with Crippen LogP contribution >= 0.6 is 0 Å². The van der Waals surface area contributed by atoms with E-state index in [4.69, 9.17) is 4.84 Å². The lowest BCUT2D eigenvalue weighted by Crippen LogP contribution is -2.48. The number of nitrogens with zero attached hydrogens (tertiary/aromatic N) is 3. The monoisotopic (exact) mass is 347 g/mol. The molecule has 0 aromatic heterocycles. The molecule has 2 atom stereocenters. The zero-order valence-corrected chi connectivity index (χ0v) is 15.4. The van der Waals surface area contributed by atoms with E-state index in [2.05, 4.69) is 29.3 Å². The number of rotatable bonds is 2. The van der Waals surface area contributed by atoms with Gasteiger partial charge in [0.2, 0.25) is 0 Å². The van der Waals surface area contributed by atoms with Crippen LogP contribution in [0.4, 0.5) is 0 Å². The molecule has 132 valence electrons. The van der Waals surface area contributed by atoms with Crippen LogP contribution in [-0.2, 0) is 9.63 Å². The molecule has 0 radical (unpaired) electrons. The van der Waals surface area contributed by atoms with Crippen LogP contribution in [0.5, 0.6) is 0 Å². The average Bonchev–Trinajstić information content (AvgIpc) is 3.03. The highest BCUT2D eigenvalue weighted by Gasteiger charge is 2.48. The van der Waals surface area contributed by atoms with Crippen molar-refractivity contribution in [2.75, 3.05) is 7.05 Å². The molecule has 2 heterocycles. The molecule has 5 heteroatoms. The first kappa shape index (κ1) is 16.5. The van der Waals surface area contributed by atoms with Gasteiger partial charge in [0.05, 0.1) is 0 Å². The van der Waals surface area contributed by atoms with E-state index in [0.717, 1.165) is 28.0 Å². The largest absolute Gasteiger partial charge is 0.384 e. The Morgan fingerprint density at radius 1 is 1.00 bits per heavy atom. The molecule has 0 fully saturated rings. The molecule has 0 saturated heterocycles. The smallest absolute Gasteiger partial charge is 0.256 e. The standard InChI is InChI=1S/C21H21N3O2/c1-12-10-13(2)16(14(3)11-12)19-17-20(26-23-19)18(22-24(4)21(17)25)15-8-6-5-7-9-15/h5-11,17,20H,1-4H3. The Labute approximate surface area is 153 Å². The molecule has 2 aliphatic heterocycles. The maximum Gasteiger partial charge on any atom is 0.256 e. The van der Waals surface area contributed by atoms with Gasteiger partial charge in [-0.1, -0.05) is 53.2 Å². The zero-order valence-electron chi connectivity index (χ0n) is 15.4. The number of amides is 1. The lowest BCUT2D eigenvalue weighted by molar-refractivity contribution is -0.134. The summed E-state index contributed by atoms with van der Waals surface area (Å²) in [5.41, 5.74) is 6.77. The molecule has 2 unspecified atom stereocenters. The summed E-state index contributed by atoms with van der Waals surface area (Å²) < 4.78 is 0. The van der Waals surface area contributed by atoms with Gasteiger partial charge in [-0.25, -0.2) is 5.01 Å². The van der Waals surface area contributed by atoms with Crippen molar-refractivity contribution in [1.82, 2.24) is 5.01 Å². The second kappa shape index (κ2) is 6.09. The topological polar surface area (TPSA) is 54.3 Å². The van der Waals surface area contributed by atoms with E-state index >= 15 is 0 Å². The molecule has 2 aromatic carbocycles. The number of benzene rings is 2. The van der Waals surface area contributed by atoms with Gasteiger partial charge < -0.3 is 4.84 Å². The van der Waals surface area contributed by atoms with E-state index in [1.807, 2.05) is 44.2 Å². The van der Waals surface area contributed by atoms with Gasteiger partial charge in [-0.15, -0.1) is 0 Å². The first-order valence-corrected chi connectivity index (χ1v) is 8.71. The number of oxime groups is 1. The lowest BCUT2D eigenvalue weighted by atomic mass is 9.83. The number of carbonyl (C=O) groups excluding carboxylic acids is 1. The molecular formula is C21H21N3O2. The first-order valence-electron chi connectivity index (χ1n) is 8.71. The van der Waals surface area contributed by atoms with Crippen LogP contribution in [0.1, 0.15) is 27.8 Å². The molecule has 2 aliphatic rings. The third-order valence-corrected chi connectivity index (χ3v) is 4.98. The summed E-state index contributed by atoms with van der Waals surface area (Å²) in [5, 5.41) is 10.2. The van der Waals surface area contributed by atoms with E-state index in [9.17, 15) is 4.79 Å². The number of aryl methyl sites for hydroxylation is 3. The minimum absolute atomic E-state index is 0.0923. The van der Waals surface area contributed by atoms with Crippen LogP contribution in [0.15, 0.2) is 52.7 Å². The Bertz CT molecular complexity index is 924. The van der Waals surface area contributed by atoms with Gasteiger partial charge in [0.15, 0.2) is 6.10 Å². The Balaban J connectivity index is 1.80. The lowest BCUT2D eigenvalue weighted by Gasteiger charge is -2.29. The third-order valence-electron chi connectivity index (χ3n) is 4.98. The summed E-state index contributed by atoms with van der Waals surface area (Å²) in [6.07, 6.45) is -0.490. The molecule has 4 rings (SSSR count). The average molecular weight is 347 g/mol. The second-order valence-corrected chi connectivity index (χ2v) is 6.97. The number of hydrogen-bond donors (Lipinski definition) is 0. The molecule has 0 N–H and O–H groups in total. The molecule has 0 aliphatic carbocycles. The number of hydrazone groups is 1. The van der Waals surface area contributed by atoms with E-state index in [0.29, 0.717) is 5.71 Å². The molecular weight excluding hydrogens is 326 g/mol. The maximum absolute atomic E-state index is 12.9. The highest BCUT2D eigenvalue weighted by atomic mass is 16.6. The van der Waals surface area contributed by atoms with Crippen molar-refractivity contribution in [2.45, 2.75) is 26.9 Å². The normalized spacial score (nSPS) is 21.8. The van der Waals surface area contributed by atoms with Crippen molar-refractivity contribution in [1.29, 1.82) is 0 Å². The molecule has 0 saturated carbocycles. The van der Waals surface area contributed by atoms with Gasteiger partial charge in [0.1, 0.15) is 17.3 Å². The predicted octanol–water partition coefficient (Wildman–Crippen LogP) is 3.21. The second-order valence-electron chi connectivity index (χ2n) is 6.97. The fourth-order valence-corrected chi connectivity index (χ4v) is 3.91. The first-order chi connectivity index (χ1) is 12.5. The summed E-state index contributed by atoms with van der Waals surface area (Å²) in [6.45, 7) is 6.17. The Hall–Kier alpha value is -2.95. The molecule has 0 bridgehead atoms. The van der Waals surface area contributed by atoms with Crippen molar-refractivity contribution in [2.24, 2.45) is 16.2 Å². The summed E-state index contributed by atoms with van der Waals surface area (Å²) in [4.78, 5) is 18.7. The quantitative estimate of drug-likeness (QED) is 0.838. The van der Waals surface area contributed by atoms with Crippen LogP contribution in [-0.4, -0.2) is 35.5 Å². The molecule has 0 spiro atoms.